The number of amidine groups is 1. The van der Waals surface area contributed by atoms with Crippen LogP contribution in [0.5, 0.6) is 5.88 Å². The smallest absolute Gasteiger partial charge is 0.287 e. The van der Waals surface area contributed by atoms with Crippen molar-refractivity contribution in [2.75, 3.05) is 13.2 Å². The first kappa shape index (κ1) is 18.3. The number of aromatic nitrogens is 2. The topological polar surface area (TPSA) is 120 Å². The zero-order chi connectivity index (χ0) is 15.2. The van der Waals surface area contributed by atoms with Crippen LogP contribution in [0.15, 0.2) is 32.3 Å². The Hall–Kier alpha value is -1.75. The molecule has 120 valence electrons. The molecule has 1 aromatic carbocycles. The van der Waals surface area contributed by atoms with Crippen LogP contribution < -0.4 is 28.4 Å². The van der Waals surface area contributed by atoms with Crippen molar-refractivity contribution in [1.82, 2.24) is 15.8 Å². The summed E-state index contributed by atoms with van der Waals surface area (Å²) < 4.78 is 23.2. The Kier molecular flexibility index (Phi) is 7.18. The van der Waals surface area contributed by atoms with Crippen LogP contribution >= 0.6 is 15.9 Å². The molecule has 0 radical (unpaired) electrons. The van der Waals surface area contributed by atoms with Gasteiger partial charge in [0.05, 0.1) is 10.2 Å². The Balaban J connectivity index is 0.00000242. The zero-order valence-corrected chi connectivity index (χ0v) is 13.4. The highest BCUT2D eigenvalue weighted by molar-refractivity contribution is 9.10. The molecule has 0 fully saturated rings. The lowest BCUT2D eigenvalue weighted by molar-refractivity contribution is -0.371. The third-order valence-corrected chi connectivity index (χ3v) is 2.92. The number of ether oxygens (including phenoxy) is 1. The van der Waals surface area contributed by atoms with Gasteiger partial charge in [-0.05, 0) is 44.4 Å². The number of halogens is 3. The number of benzene rings is 1. The Morgan fingerprint density at radius 3 is 2.91 bits per heavy atom. The van der Waals surface area contributed by atoms with E-state index < -0.39 is 5.82 Å². The van der Waals surface area contributed by atoms with E-state index in [9.17, 15) is 9.60 Å². The van der Waals surface area contributed by atoms with Crippen LogP contribution in [0.4, 0.5) is 10.1 Å². The first-order chi connectivity index (χ1) is 10.2. The van der Waals surface area contributed by atoms with Crippen molar-refractivity contribution in [2.24, 2.45) is 4.99 Å². The number of hydrogen-bond acceptors (Lipinski definition) is 6. The summed E-state index contributed by atoms with van der Waals surface area (Å²) in [5.74, 6) is -0.399. The fourth-order valence-electron chi connectivity index (χ4n) is 1.40. The number of nitrogens with zero attached hydrogens (tertiary/aromatic N) is 3. The van der Waals surface area contributed by atoms with Gasteiger partial charge >= 0.3 is 0 Å². The Morgan fingerprint density at radius 2 is 2.27 bits per heavy atom. The molecule has 1 heterocycles. The molecule has 11 heteroatoms. The molecule has 0 aliphatic heterocycles. The average molecular weight is 397 g/mol. The molecule has 8 nitrogen and oxygen atoms in total. The fraction of sp³-hybridized carbons (Fsp3) is 0.182. The van der Waals surface area contributed by atoms with E-state index in [-0.39, 0.29) is 34.3 Å². The third-order valence-electron chi connectivity index (χ3n) is 2.32. The highest BCUT2D eigenvalue weighted by Gasteiger charge is 2.18. The van der Waals surface area contributed by atoms with Crippen LogP contribution in [0.1, 0.15) is 5.69 Å². The second-order valence-electron chi connectivity index (χ2n) is 3.79. The van der Waals surface area contributed by atoms with E-state index in [2.05, 4.69) is 41.6 Å². The minimum atomic E-state index is -0.421. The van der Waals surface area contributed by atoms with Crippen molar-refractivity contribution in [3.05, 3.63) is 34.2 Å². The summed E-state index contributed by atoms with van der Waals surface area (Å²) in [4.78, 5) is 4.09. The number of aliphatic imine (C=N–C) groups is 1. The number of nitrogens with one attached hydrogen (secondary N) is 1. The molecular formula is C11H12BrClFN5O3. The molecule has 5 N–H and O–H groups in total. The van der Waals surface area contributed by atoms with E-state index >= 15 is 0 Å². The summed E-state index contributed by atoms with van der Waals surface area (Å²) in [7, 11) is 0. The number of hydrogen-bond donors (Lipinski definition) is 3. The molecule has 0 amide bonds. The summed E-state index contributed by atoms with van der Waals surface area (Å²) in [6, 6.07) is 4.11. The Bertz CT molecular complexity index is 654. The van der Waals surface area contributed by atoms with Gasteiger partial charge in [0.2, 0.25) is 5.69 Å². The van der Waals surface area contributed by atoms with Gasteiger partial charge in [-0.25, -0.2) is 14.0 Å². The van der Waals surface area contributed by atoms with Gasteiger partial charge in [-0.3, -0.25) is 10.7 Å². The monoisotopic (exact) mass is 395 g/mol. The van der Waals surface area contributed by atoms with E-state index in [0.717, 1.165) is 0 Å². The molecular weight excluding hydrogens is 385 g/mol. The molecule has 0 atom stereocenters. The van der Waals surface area contributed by atoms with Gasteiger partial charge in [0.1, 0.15) is 19.0 Å². The van der Waals surface area contributed by atoms with Gasteiger partial charge in [-0.2, -0.15) is 0 Å². The molecule has 0 spiro atoms. The maximum absolute atomic E-state index is 13.2. The van der Waals surface area contributed by atoms with E-state index in [4.69, 9.17) is 4.74 Å². The Morgan fingerprint density at radius 1 is 1.50 bits per heavy atom. The minimum absolute atomic E-state index is 0. The molecule has 0 saturated carbocycles. The van der Waals surface area contributed by atoms with Crippen molar-refractivity contribution in [2.45, 2.75) is 0 Å². The highest BCUT2D eigenvalue weighted by atomic mass is 79.9. The molecule has 22 heavy (non-hydrogen) atoms. The van der Waals surface area contributed by atoms with Gasteiger partial charge in [-0.15, -0.1) is 0 Å². The summed E-state index contributed by atoms with van der Waals surface area (Å²) >= 11 is 3.05. The zero-order valence-electron chi connectivity index (χ0n) is 11.1. The minimum Gasteiger partial charge on any atom is -1.00 e. The normalized spacial score (nSPS) is 11.0. The number of quaternary nitrogens is 1. The SMILES string of the molecule is [Cl-].[NH3+]CCOc1nonc1C(=Nc1ccc(F)c(Br)c1)NO. The maximum atomic E-state index is 13.2. The third kappa shape index (κ3) is 4.37. The predicted octanol–water partition coefficient (Wildman–Crippen LogP) is -2.35. The first-order valence-corrected chi connectivity index (χ1v) is 6.63. The number of rotatable bonds is 5. The summed E-state index contributed by atoms with van der Waals surface area (Å²) in [6.45, 7) is 0.832. The van der Waals surface area contributed by atoms with Gasteiger partial charge < -0.3 is 22.9 Å². The van der Waals surface area contributed by atoms with Gasteiger partial charge in [0.25, 0.3) is 5.88 Å². The lowest BCUT2D eigenvalue weighted by Gasteiger charge is -2.04. The van der Waals surface area contributed by atoms with Crippen LogP contribution in [0.25, 0.3) is 0 Å². The van der Waals surface area contributed by atoms with E-state index in [1.807, 2.05) is 5.48 Å². The lowest BCUT2D eigenvalue weighted by atomic mass is 10.3. The second-order valence-corrected chi connectivity index (χ2v) is 4.64. The lowest BCUT2D eigenvalue weighted by Crippen LogP contribution is -3.00. The van der Waals surface area contributed by atoms with Crippen molar-refractivity contribution < 1.29 is 37.1 Å². The molecule has 0 aliphatic rings. The standard InChI is InChI=1S/C11H11BrFN5O3.ClH/c12-7-5-6(1-2-8(7)13)15-10(16-19)9-11(18-21-17-9)20-4-3-14;/h1-2,5,19H,3-4,14H2,(H,15,16);1H. The summed E-state index contributed by atoms with van der Waals surface area (Å²) in [6.07, 6.45) is 0. The highest BCUT2D eigenvalue weighted by Crippen LogP contribution is 2.23. The van der Waals surface area contributed by atoms with E-state index in [1.165, 1.54) is 18.2 Å². The van der Waals surface area contributed by atoms with Crippen LogP contribution in [-0.4, -0.2) is 34.5 Å². The van der Waals surface area contributed by atoms with Gasteiger partial charge in [0, 0.05) is 0 Å². The predicted molar refractivity (Wildman–Crippen MR) is 72.8 cm³/mol. The number of hydroxylamine groups is 1. The molecule has 2 rings (SSSR count). The largest absolute Gasteiger partial charge is 1.00 e. The first-order valence-electron chi connectivity index (χ1n) is 5.84. The average Bonchev–Trinajstić information content (AvgIpc) is 2.94. The van der Waals surface area contributed by atoms with Crippen LogP contribution in [0, 0.1) is 5.82 Å². The van der Waals surface area contributed by atoms with Crippen molar-refractivity contribution >= 4 is 27.5 Å². The summed E-state index contributed by atoms with van der Waals surface area (Å²) in [5.41, 5.74) is 5.98. The van der Waals surface area contributed by atoms with Crippen molar-refractivity contribution in [3.8, 4) is 5.88 Å². The van der Waals surface area contributed by atoms with Crippen molar-refractivity contribution in [3.63, 3.8) is 0 Å². The van der Waals surface area contributed by atoms with Crippen molar-refractivity contribution in [1.29, 1.82) is 0 Å². The molecule has 0 saturated heterocycles. The molecule has 2 aromatic rings. The second kappa shape index (κ2) is 8.63. The fourth-order valence-corrected chi connectivity index (χ4v) is 1.77. The van der Waals surface area contributed by atoms with Crippen LogP contribution in [0.2, 0.25) is 0 Å². The van der Waals surface area contributed by atoms with Crippen LogP contribution in [0.3, 0.4) is 0 Å². The maximum Gasteiger partial charge on any atom is 0.287 e. The molecule has 0 aliphatic carbocycles. The molecule has 0 unspecified atom stereocenters. The quantitative estimate of drug-likeness (QED) is 0.296. The van der Waals surface area contributed by atoms with Gasteiger partial charge in [0.15, 0.2) is 5.84 Å². The molecule has 0 bridgehead atoms. The Labute approximate surface area is 139 Å². The molecule has 1 aromatic heterocycles. The van der Waals surface area contributed by atoms with Crippen LogP contribution in [-0.2, 0) is 0 Å². The summed E-state index contributed by atoms with van der Waals surface area (Å²) in [5, 5.41) is 16.4. The van der Waals surface area contributed by atoms with Gasteiger partial charge in [-0.1, -0.05) is 0 Å². The van der Waals surface area contributed by atoms with E-state index in [0.29, 0.717) is 18.8 Å². The van der Waals surface area contributed by atoms with E-state index in [1.54, 1.807) is 0 Å².